The molecule has 0 fully saturated rings. The number of aromatic hydroxyl groups is 1. The number of hydrogen-bond acceptors (Lipinski definition) is 7. The predicted molar refractivity (Wildman–Crippen MR) is 161 cm³/mol. The van der Waals surface area contributed by atoms with E-state index in [1.165, 1.54) is 17.7 Å². The van der Waals surface area contributed by atoms with Gasteiger partial charge in [0.25, 0.3) is 0 Å². The van der Waals surface area contributed by atoms with Gasteiger partial charge in [0, 0.05) is 31.9 Å². The van der Waals surface area contributed by atoms with Gasteiger partial charge in [-0.2, -0.15) is 0 Å². The molecule has 3 aromatic carbocycles. The van der Waals surface area contributed by atoms with Crippen molar-refractivity contribution in [3.8, 4) is 5.75 Å². The molecular formula is C32H44N2O6S. The first-order valence-electron chi connectivity index (χ1n) is 14.3. The van der Waals surface area contributed by atoms with Crippen LogP contribution in [0.4, 0.5) is 0 Å². The first-order chi connectivity index (χ1) is 19.8. The van der Waals surface area contributed by atoms with E-state index in [2.05, 4.69) is 17.0 Å². The lowest BCUT2D eigenvalue weighted by Crippen LogP contribution is -2.29. The highest BCUT2D eigenvalue weighted by Gasteiger charge is 2.16. The summed E-state index contributed by atoms with van der Waals surface area (Å²) >= 11 is 0. The summed E-state index contributed by atoms with van der Waals surface area (Å²) in [6.07, 6.45) is 6.17. The second-order valence-corrected chi connectivity index (χ2v) is 12.0. The molecule has 0 aliphatic heterocycles. The van der Waals surface area contributed by atoms with Crippen LogP contribution in [0, 0.1) is 0 Å². The van der Waals surface area contributed by atoms with Crippen molar-refractivity contribution >= 4 is 10.0 Å². The Morgan fingerprint density at radius 3 is 2.29 bits per heavy atom. The summed E-state index contributed by atoms with van der Waals surface area (Å²) in [5.41, 5.74) is 3.22. The van der Waals surface area contributed by atoms with Crippen LogP contribution < -0.4 is 5.14 Å². The molecule has 0 bridgehead atoms. The molecule has 0 radical (unpaired) electrons. The summed E-state index contributed by atoms with van der Waals surface area (Å²) in [5.74, 6) is 0.0307. The molecule has 1 atom stereocenters. The molecule has 3 aromatic rings. The molecule has 0 saturated carbocycles. The molecular weight excluding hydrogens is 540 g/mol. The van der Waals surface area contributed by atoms with E-state index in [1.54, 1.807) is 24.3 Å². The first kappa shape index (κ1) is 32.7. The number of unbranched alkanes of at least 4 members (excludes halogenated alkanes) is 4. The monoisotopic (exact) mass is 584 g/mol. The number of aliphatic hydroxyl groups is 2. The van der Waals surface area contributed by atoms with Gasteiger partial charge in [-0.05, 0) is 73.2 Å². The molecule has 0 aliphatic rings. The van der Waals surface area contributed by atoms with Gasteiger partial charge in [-0.15, -0.1) is 0 Å². The zero-order chi connectivity index (χ0) is 29.5. The molecule has 41 heavy (non-hydrogen) atoms. The molecule has 0 spiro atoms. The fourth-order valence-corrected chi connectivity index (χ4v) is 5.38. The van der Waals surface area contributed by atoms with Crippen LogP contribution in [-0.2, 0) is 34.3 Å². The maximum absolute atomic E-state index is 11.5. The predicted octanol–water partition coefficient (Wildman–Crippen LogP) is 4.67. The molecule has 9 heteroatoms. The van der Waals surface area contributed by atoms with Crippen molar-refractivity contribution in [1.29, 1.82) is 0 Å². The van der Waals surface area contributed by atoms with Gasteiger partial charge in [-0.3, -0.25) is 4.90 Å². The average Bonchev–Trinajstić information content (AvgIpc) is 2.96. The van der Waals surface area contributed by atoms with Gasteiger partial charge in [0.15, 0.2) is 0 Å². The zero-order valence-corrected chi connectivity index (χ0v) is 24.5. The van der Waals surface area contributed by atoms with E-state index in [0.717, 1.165) is 63.6 Å². The Hall–Kier alpha value is -2.79. The maximum atomic E-state index is 11.5. The van der Waals surface area contributed by atoms with E-state index in [4.69, 9.17) is 9.88 Å². The van der Waals surface area contributed by atoms with E-state index < -0.39 is 16.1 Å². The minimum absolute atomic E-state index is 0.0307. The van der Waals surface area contributed by atoms with Crippen molar-refractivity contribution in [3.05, 3.63) is 95.1 Å². The van der Waals surface area contributed by atoms with Gasteiger partial charge >= 0.3 is 0 Å². The summed E-state index contributed by atoms with van der Waals surface area (Å²) in [6.45, 7) is 3.14. The third kappa shape index (κ3) is 11.9. The normalized spacial score (nSPS) is 12.6. The van der Waals surface area contributed by atoms with E-state index in [-0.39, 0.29) is 17.3 Å². The summed E-state index contributed by atoms with van der Waals surface area (Å²) < 4.78 is 28.7. The summed E-state index contributed by atoms with van der Waals surface area (Å²) in [4.78, 5) is 2.40. The lowest BCUT2D eigenvalue weighted by atomic mass is 10.0. The average molecular weight is 585 g/mol. The van der Waals surface area contributed by atoms with Crippen LogP contribution in [0.5, 0.6) is 5.75 Å². The van der Waals surface area contributed by atoms with Crippen LogP contribution in [0.15, 0.2) is 77.7 Å². The van der Waals surface area contributed by atoms with Crippen LogP contribution in [0.1, 0.15) is 66.9 Å². The van der Waals surface area contributed by atoms with Gasteiger partial charge in [0.2, 0.25) is 10.0 Å². The number of hydrogen-bond donors (Lipinski definition) is 4. The molecule has 3 rings (SSSR count). The maximum Gasteiger partial charge on any atom is 0.238 e. The smallest absolute Gasteiger partial charge is 0.238 e. The van der Waals surface area contributed by atoms with Crippen LogP contribution in [0.25, 0.3) is 0 Å². The number of aryl methyl sites for hydroxylation is 1. The zero-order valence-electron chi connectivity index (χ0n) is 23.7. The van der Waals surface area contributed by atoms with Crippen molar-refractivity contribution in [2.45, 2.75) is 69.1 Å². The van der Waals surface area contributed by atoms with Crippen molar-refractivity contribution in [3.63, 3.8) is 0 Å². The fraction of sp³-hybridized carbons (Fsp3) is 0.438. The van der Waals surface area contributed by atoms with E-state index in [0.29, 0.717) is 30.9 Å². The third-order valence-electron chi connectivity index (χ3n) is 7.08. The van der Waals surface area contributed by atoms with Crippen LogP contribution >= 0.6 is 0 Å². The van der Waals surface area contributed by atoms with Crippen LogP contribution in [-0.4, -0.2) is 54.9 Å². The van der Waals surface area contributed by atoms with Crippen molar-refractivity contribution < 1.29 is 28.5 Å². The summed E-state index contributed by atoms with van der Waals surface area (Å²) in [6, 6.07) is 21.8. The first-order valence-corrected chi connectivity index (χ1v) is 15.9. The number of aliphatic hydroxyl groups excluding tert-OH is 2. The van der Waals surface area contributed by atoms with E-state index >= 15 is 0 Å². The number of ether oxygens (including phenoxy) is 1. The molecule has 5 N–H and O–H groups in total. The number of primary sulfonamides is 1. The molecule has 0 amide bonds. The van der Waals surface area contributed by atoms with Crippen LogP contribution in [0.3, 0.4) is 0 Å². The van der Waals surface area contributed by atoms with E-state index in [9.17, 15) is 23.7 Å². The summed E-state index contributed by atoms with van der Waals surface area (Å²) in [7, 11) is -3.68. The lowest BCUT2D eigenvalue weighted by molar-refractivity contribution is 0.107. The SMILES string of the molecule is NS(=O)(=O)c1cccc(CCCOCCCCCCCN(Cc2ccccc2)C[C@@H](O)c2ccc(O)c(CO)c2)c1. The standard InChI is InChI=1S/C32H44N2O6S/c33-41(38,39)30-15-9-13-26(21-30)14-10-20-40-19-8-3-1-2-7-18-34(23-27-11-5-4-6-12-27)24-32(37)28-16-17-31(36)29(22-28)25-35/h4-6,9,11-13,15-17,21-22,32,35-37H,1-3,7-8,10,14,18-20,23-25H2,(H2,33,38,39)/t32-/m1/s1. The second kappa shape index (κ2) is 17.2. The van der Waals surface area contributed by atoms with Gasteiger partial charge in [0.1, 0.15) is 5.75 Å². The Morgan fingerprint density at radius 1 is 0.829 bits per heavy atom. The minimum atomic E-state index is -3.68. The van der Waals surface area contributed by atoms with Gasteiger partial charge in [-0.25, -0.2) is 13.6 Å². The highest BCUT2D eigenvalue weighted by atomic mass is 32.2. The number of nitrogens with zero attached hydrogens (tertiary/aromatic N) is 1. The molecule has 0 aliphatic carbocycles. The Morgan fingerprint density at radius 2 is 1.54 bits per heavy atom. The third-order valence-corrected chi connectivity index (χ3v) is 7.99. The Kier molecular flexibility index (Phi) is 13.8. The number of benzene rings is 3. The molecule has 0 heterocycles. The van der Waals surface area contributed by atoms with E-state index in [1.807, 2.05) is 24.3 Å². The number of nitrogens with two attached hydrogens (primary N) is 1. The highest BCUT2D eigenvalue weighted by molar-refractivity contribution is 7.89. The summed E-state index contributed by atoms with van der Waals surface area (Å²) in [5, 5.41) is 35.4. The molecule has 0 unspecified atom stereocenters. The molecule has 8 nitrogen and oxygen atoms in total. The van der Waals surface area contributed by atoms with Crippen molar-refractivity contribution in [2.24, 2.45) is 5.14 Å². The Balaban J connectivity index is 1.33. The van der Waals surface area contributed by atoms with Gasteiger partial charge < -0.3 is 20.1 Å². The Labute approximate surface area is 244 Å². The van der Waals surface area contributed by atoms with Gasteiger partial charge in [-0.1, -0.05) is 67.8 Å². The van der Waals surface area contributed by atoms with Crippen LogP contribution in [0.2, 0.25) is 0 Å². The second-order valence-electron chi connectivity index (χ2n) is 10.5. The number of phenols is 1. The topological polar surface area (TPSA) is 133 Å². The lowest BCUT2D eigenvalue weighted by Gasteiger charge is -2.26. The number of sulfonamides is 1. The quantitative estimate of drug-likeness (QED) is 0.151. The largest absolute Gasteiger partial charge is 0.508 e. The van der Waals surface area contributed by atoms with Crippen molar-refractivity contribution in [1.82, 2.24) is 4.90 Å². The molecule has 0 aromatic heterocycles. The van der Waals surface area contributed by atoms with Crippen molar-refractivity contribution in [2.75, 3.05) is 26.3 Å². The van der Waals surface area contributed by atoms with Gasteiger partial charge in [0.05, 0.1) is 17.6 Å². The molecule has 0 saturated heterocycles. The fourth-order valence-electron chi connectivity index (χ4n) is 4.79. The Bertz CT molecular complexity index is 1290. The molecule has 224 valence electrons. The minimum Gasteiger partial charge on any atom is -0.508 e. The highest BCUT2D eigenvalue weighted by Crippen LogP contribution is 2.24. The number of rotatable bonds is 19.